The van der Waals surface area contributed by atoms with Crippen LogP contribution >= 0.6 is 0 Å². The minimum absolute atomic E-state index is 0.124. The van der Waals surface area contributed by atoms with Crippen molar-refractivity contribution in [3.05, 3.63) is 83.2 Å². The number of alkyl halides is 3. The number of hydrogen-bond donors (Lipinski definition) is 0. The zero-order chi connectivity index (χ0) is 20.5. The molecule has 0 radical (unpaired) electrons. The van der Waals surface area contributed by atoms with E-state index in [9.17, 15) is 26.3 Å². The van der Waals surface area contributed by atoms with E-state index in [-0.39, 0.29) is 21.9 Å². The van der Waals surface area contributed by atoms with Crippen LogP contribution in [-0.4, -0.2) is 0 Å². The molecule has 28 heavy (non-hydrogen) atoms. The molecule has 0 aromatic heterocycles. The SMILES string of the molecule is C/C=C/CCc1cc(F)c(-c2ccc3c(F)c(C(F)(F)F)ccc3c2)c(F)c1. The van der Waals surface area contributed by atoms with E-state index in [0.717, 1.165) is 12.1 Å². The monoisotopic (exact) mass is 394 g/mol. The molecule has 0 aliphatic rings. The van der Waals surface area contributed by atoms with E-state index in [1.807, 2.05) is 19.1 Å². The first kappa shape index (κ1) is 20.0. The molecule has 0 amide bonds. The zero-order valence-corrected chi connectivity index (χ0v) is 14.9. The molecule has 0 aliphatic heterocycles. The van der Waals surface area contributed by atoms with Gasteiger partial charge in [-0.2, -0.15) is 13.2 Å². The van der Waals surface area contributed by atoms with E-state index >= 15 is 0 Å². The van der Waals surface area contributed by atoms with E-state index < -0.39 is 29.2 Å². The third-order valence-corrected chi connectivity index (χ3v) is 4.49. The molecule has 0 spiro atoms. The fourth-order valence-electron chi connectivity index (χ4n) is 3.13. The predicted octanol–water partition coefficient (Wildman–Crippen LogP) is 7.45. The Bertz CT molecular complexity index is 1020. The second kappa shape index (κ2) is 7.70. The van der Waals surface area contributed by atoms with Crippen molar-refractivity contribution in [1.29, 1.82) is 0 Å². The average Bonchev–Trinajstić information content (AvgIpc) is 2.60. The molecule has 0 bridgehead atoms. The number of hydrogen-bond acceptors (Lipinski definition) is 0. The topological polar surface area (TPSA) is 0 Å². The van der Waals surface area contributed by atoms with Gasteiger partial charge in [0, 0.05) is 5.39 Å². The van der Waals surface area contributed by atoms with Crippen molar-refractivity contribution < 1.29 is 26.3 Å². The van der Waals surface area contributed by atoms with Crippen LogP contribution < -0.4 is 0 Å². The molecule has 0 saturated heterocycles. The number of allylic oxidation sites excluding steroid dienone is 2. The summed E-state index contributed by atoms with van der Waals surface area (Å²) in [6, 6.07) is 7.78. The Morgan fingerprint density at radius 3 is 2.18 bits per heavy atom. The Kier molecular flexibility index (Phi) is 5.49. The molecule has 0 N–H and O–H groups in total. The molecule has 0 aliphatic carbocycles. The summed E-state index contributed by atoms with van der Waals surface area (Å²) in [6.45, 7) is 1.85. The van der Waals surface area contributed by atoms with Crippen LogP contribution in [0.1, 0.15) is 24.5 Å². The Morgan fingerprint density at radius 2 is 1.57 bits per heavy atom. The van der Waals surface area contributed by atoms with E-state index in [4.69, 9.17) is 0 Å². The summed E-state index contributed by atoms with van der Waals surface area (Å²) < 4.78 is 81.7. The van der Waals surface area contributed by atoms with Crippen molar-refractivity contribution in [2.75, 3.05) is 0 Å². The molecule has 3 aromatic rings. The van der Waals surface area contributed by atoms with Crippen LogP contribution in [-0.2, 0) is 12.6 Å². The number of rotatable bonds is 4. The van der Waals surface area contributed by atoms with Gasteiger partial charge in [-0.3, -0.25) is 0 Å². The zero-order valence-electron chi connectivity index (χ0n) is 14.9. The van der Waals surface area contributed by atoms with Gasteiger partial charge in [0.25, 0.3) is 0 Å². The molecule has 146 valence electrons. The Labute approximate surface area is 158 Å². The van der Waals surface area contributed by atoms with Crippen molar-refractivity contribution in [3.8, 4) is 11.1 Å². The second-order valence-corrected chi connectivity index (χ2v) is 6.40. The molecule has 0 atom stereocenters. The molecule has 0 saturated carbocycles. The van der Waals surface area contributed by atoms with E-state index in [1.54, 1.807) is 0 Å². The Hall–Kier alpha value is -2.76. The van der Waals surface area contributed by atoms with E-state index in [0.29, 0.717) is 24.5 Å². The number of benzene rings is 3. The van der Waals surface area contributed by atoms with Gasteiger partial charge in [0.2, 0.25) is 0 Å². The van der Waals surface area contributed by atoms with Gasteiger partial charge in [-0.25, -0.2) is 13.2 Å². The van der Waals surface area contributed by atoms with Crippen LogP contribution in [0.3, 0.4) is 0 Å². The van der Waals surface area contributed by atoms with Gasteiger partial charge in [-0.15, -0.1) is 0 Å². The first-order valence-electron chi connectivity index (χ1n) is 8.61. The summed E-state index contributed by atoms with van der Waals surface area (Å²) in [7, 11) is 0. The number of fused-ring (bicyclic) bond motifs is 1. The normalized spacial score (nSPS) is 12.2. The standard InChI is InChI=1S/C22H16F6/c1-2-3-4-5-13-10-18(23)20(19(24)11-13)15-6-8-16-14(12-15)7-9-17(21(16)25)22(26,27)28/h2-3,6-12H,4-5H2,1H3/b3-2+. The summed E-state index contributed by atoms with van der Waals surface area (Å²) in [4.78, 5) is 0. The fraction of sp³-hybridized carbons (Fsp3) is 0.182. The molecular formula is C22H16F6. The van der Waals surface area contributed by atoms with E-state index in [2.05, 4.69) is 0 Å². The first-order chi connectivity index (χ1) is 13.2. The maximum atomic E-state index is 14.5. The summed E-state index contributed by atoms with van der Waals surface area (Å²) in [5.74, 6) is -2.96. The Balaban J connectivity index is 2.04. The molecule has 3 rings (SSSR count). The van der Waals surface area contributed by atoms with Crippen LogP contribution in [0, 0.1) is 17.5 Å². The quantitative estimate of drug-likeness (QED) is 0.318. The first-order valence-corrected chi connectivity index (χ1v) is 8.61. The Morgan fingerprint density at radius 1 is 0.893 bits per heavy atom. The minimum Gasteiger partial charge on any atom is -0.206 e. The number of aryl methyl sites for hydroxylation is 1. The number of halogens is 6. The van der Waals surface area contributed by atoms with Gasteiger partial charge in [0.1, 0.15) is 17.5 Å². The molecule has 0 heterocycles. The third kappa shape index (κ3) is 3.91. The van der Waals surface area contributed by atoms with Crippen LogP contribution in [0.15, 0.2) is 54.6 Å². The maximum Gasteiger partial charge on any atom is 0.419 e. The van der Waals surface area contributed by atoms with Crippen molar-refractivity contribution in [2.24, 2.45) is 0 Å². The molecular weight excluding hydrogens is 378 g/mol. The largest absolute Gasteiger partial charge is 0.419 e. The van der Waals surface area contributed by atoms with Crippen molar-refractivity contribution in [3.63, 3.8) is 0 Å². The molecule has 0 fully saturated rings. The lowest BCUT2D eigenvalue weighted by Gasteiger charge is -2.12. The van der Waals surface area contributed by atoms with Crippen molar-refractivity contribution in [2.45, 2.75) is 25.9 Å². The van der Waals surface area contributed by atoms with Gasteiger partial charge in [-0.05, 0) is 60.5 Å². The van der Waals surface area contributed by atoms with Gasteiger partial charge in [-0.1, -0.05) is 30.4 Å². The summed E-state index contributed by atoms with van der Waals surface area (Å²) >= 11 is 0. The second-order valence-electron chi connectivity index (χ2n) is 6.40. The molecule has 0 nitrogen and oxygen atoms in total. The van der Waals surface area contributed by atoms with Crippen LogP contribution in [0.4, 0.5) is 26.3 Å². The molecule has 3 aromatic carbocycles. The lowest BCUT2D eigenvalue weighted by molar-refractivity contribution is -0.139. The van der Waals surface area contributed by atoms with Gasteiger partial charge in [0.05, 0.1) is 11.1 Å². The minimum atomic E-state index is -4.82. The fourth-order valence-corrected chi connectivity index (χ4v) is 3.13. The van der Waals surface area contributed by atoms with Crippen molar-refractivity contribution >= 4 is 10.8 Å². The highest BCUT2D eigenvalue weighted by molar-refractivity contribution is 5.88. The average molecular weight is 394 g/mol. The van der Waals surface area contributed by atoms with Crippen LogP contribution in [0.2, 0.25) is 0 Å². The van der Waals surface area contributed by atoms with Crippen LogP contribution in [0.5, 0.6) is 0 Å². The summed E-state index contributed by atoms with van der Waals surface area (Å²) in [6.07, 6.45) is 0.0291. The van der Waals surface area contributed by atoms with E-state index in [1.165, 1.54) is 24.3 Å². The van der Waals surface area contributed by atoms with Gasteiger partial charge >= 0.3 is 6.18 Å². The highest BCUT2D eigenvalue weighted by Crippen LogP contribution is 2.36. The summed E-state index contributed by atoms with van der Waals surface area (Å²) in [5.41, 5.74) is -1.05. The third-order valence-electron chi connectivity index (χ3n) is 4.49. The van der Waals surface area contributed by atoms with Crippen molar-refractivity contribution in [1.82, 2.24) is 0 Å². The summed E-state index contributed by atoms with van der Waals surface area (Å²) in [5, 5.41) is -0.138. The lowest BCUT2D eigenvalue weighted by atomic mass is 9.97. The molecule has 6 heteroatoms. The maximum absolute atomic E-state index is 14.5. The molecule has 0 unspecified atom stereocenters. The predicted molar refractivity (Wildman–Crippen MR) is 97.4 cm³/mol. The van der Waals surface area contributed by atoms with Crippen LogP contribution in [0.25, 0.3) is 21.9 Å². The van der Waals surface area contributed by atoms with Gasteiger partial charge < -0.3 is 0 Å². The highest BCUT2D eigenvalue weighted by atomic mass is 19.4. The lowest BCUT2D eigenvalue weighted by Crippen LogP contribution is -2.08. The van der Waals surface area contributed by atoms with Gasteiger partial charge in [0.15, 0.2) is 0 Å². The smallest absolute Gasteiger partial charge is 0.206 e. The highest BCUT2D eigenvalue weighted by Gasteiger charge is 2.34.